The van der Waals surface area contributed by atoms with Gasteiger partial charge in [0.25, 0.3) is 0 Å². The van der Waals surface area contributed by atoms with E-state index in [4.69, 9.17) is 5.26 Å². The van der Waals surface area contributed by atoms with Crippen LogP contribution < -0.4 is 0 Å². The monoisotopic (exact) mass is 446 g/mol. The third-order valence-corrected chi connectivity index (χ3v) is 6.20. The first-order valence-electron chi connectivity index (χ1n) is 10.9. The predicted octanol–water partition coefficient (Wildman–Crippen LogP) is 3.04. The fraction of sp³-hybridized carbons (Fsp3) is 0.320. The van der Waals surface area contributed by atoms with Gasteiger partial charge in [-0.15, -0.1) is 0 Å². The van der Waals surface area contributed by atoms with Crippen molar-refractivity contribution in [3.8, 4) is 6.07 Å². The van der Waals surface area contributed by atoms with Crippen molar-refractivity contribution in [2.24, 2.45) is 0 Å². The van der Waals surface area contributed by atoms with Gasteiger partial charge in [-0.2, -0.15) is 5.26 Å². The predicted molar refractivity (Wildman–Crippen MR) is 123 cm³/mol. The first kappa shape index (κ1) is 22.5. The van der Waals surface area contributed by atoms with Crippen molar-refractivity contribution in [2.45, 2.75) is 19.0 Å². The van der Waals surface area contributed by atoms with Gasteiger partial charge in [0.1, 0.15) is 6.04 Å². The van der Waals surface area contributed by atoms with Gasteiger partial charge in [-0.1, -0.05) is 36.4 Å². The summed E-state index contributed by atoms with van der Waals surface area (Å²) >= 11 is 0. The van der Waals surface area contributed by atoms with Gasteiger partial charge in [-0.3, -0.25) is 14.6 Å². The van der Waals surface area contributed by atoms with Crippen LogP contribution in [0.3, 0.4) is 0 Å². The first-order chi connectivity index (χ1) is 16.0. The maximum absolute atomic E-state index is 12.4. The minimum absolute atomic E-state index is 0.166. The van der Waals surface area contributed by atoms with E-state index in [2.05, 4.69) is 11.0 Å². The zero-order valence-corrected chi connectivity index (χ0v) is 18.2. The second-order valence-electron chi connectivity index (χ2n) is 8.26. The molecule has 0 aliphatic carbocycles. The zero-order chi connectivity index (χ0) is 23.4. The van der Waals surface area contributed by atoms with E-state index in [-0.39, 0.29) is 5.56 Å². The molecule has 2 aromatic carbocycles. The van der Waals surface area contributed by atoms with E-state index < -0.39 is 18.0 Å². The molecule has 2 N–H and O–H groups in total. The Morgan fingerprint density at radius 3 is 2.39 bits per heavy atom. The maximum atomic E-state index is 12.4. The SMILES string of the molecule is N#CCCN1CCN([C@H](C(=O)O)c2cn(Cc3ccccc3)c3cc(C(=O)O)ccc23)CC1. The highest BCUT2D eigenvalue weighted by atomic mass is 16.4. The van der Waals surface area contributed by atoms with Crippen LogP contribution >= 0.6 is 0 Å². The Bertz CT molecular complexity index is 1190. The van der Waals surface area contributed by atoms with Gasteiger partial charge in [0.05, 0.1) is 11.6 Å². The topological polar surface area (TPSA) is 110 Å². The van der Waals surface area contributed by atoms with Crippen molar-refractivity contribution in [3.63, 3.8) is 0 Å². The van der Waals surface area contributed by atoms with E-state index in [1.54, 1.807) is 12.1 Å². The number of carboxylic acid groups (broad SMARTS) is 2. The van der Waals surface area contributed by atoms with Crippen LogP contribution in [0.5, 0.6) is 0 Å². The van der Waals surface area contributed by atoms with Crippen LogP contribution in [0.1, 0.15) is 33.9 Å². The van der Waals surface area contributed by atoms with Crippen LogP contribution in [-0.4, -0.2) is 69.2 Å². The highest BCUT2D eigenvalue weighted by Crippen LogP contribution is 2.32. The minimum Gasteiger partial charge on any atom is -0.480 e. The van der Waals surface area contributed by atoms with Crippen molar-refractivity contribution in [1.82, 2.24) is 14.4 Å². The number of rotatable bonds is 8. The molecule has 1 aliphatic rings. The molecule has 1 aromatic heterocycles. The van der Waals surface area contributed by atoms with E-state index in [1.807, 2.05) is 46.0 Å². The molecule has 0 radical (unpaired) electrons. The quantitative estimate of drug-likeness (QED) is 0.547. The number of carbonyl (C=O) groups is 2. The summed E-state index contributed by atoms with van der Waals surface area (Å²) in [6, 6.07) is 16.0. The van der Waals surface area contributed by atoms with Crippen LogP contribution in [0.2, 0.25) is 0 Å². The number of aromatic carboxylic acids is 1. The Morgan fingerprint density at radius 1 is 1.03 bits per heavy atom. The number of nitrogens with zero attached hydrogens (tertiary/aromatic N) is 4. The average Bonchev–Trinajstić information content (AvgIpc) is 3.16. The van der Waals surface area contributed by atoms with Gasteiger partial charge in [0.15, 0.2) is 0 Å². The van der Waals surface area contributed by atoms with Gasteiger partial charge in [0.2, 0.25) is 0 Å². The molecule has 0 bridgehead atoms. The number of fused-ring (bicyclic) bond motifs is 1. The number of piperazine rings is 1. The lowest BCUT2D eigenvalue weighted by Crippen LogP contribution is -2.49. The number of aliphatic carboxylic acids is 1. The number of hydrogen-bond donors (Lipinski definition) is 2. The largest absolute Gasteiger partial charge is 0.480 e. The molecule has 4 rings (SSSR count). The summed E-state index contributed by atoms with van der Waals surface area (Å²) in [5, 5.41) is 29.2. The molecule has 1 fully saturated rings. The molecule has 170 valence electrons. The van der Waals surface area contributed by atoms with Crippen LogP contribution in [0, 0.1) is 11.3 Å². The summed E-state index contributed by atoms with van der Waals surface area (Å²) in [6.45, 7) is 3.78. The zero-order valence-electron chi connectivity index (χ0n) is 18.2. The molecular weight excluding hydrogens is 420 g/mol. The fourth-order valence-electron chi connectivity index (χ4n) is 4.52. The lowest BCUT2D eigenvalue weighted by atomic mass is 10.0. The number of carboxylic acids is 2. The number of benzene rings is 2. The van der Waals surface area contributed by atoms with Crippen molar-refractivity contribution in [2.75, 3.05) is 32.7 Å². The van der Waals surface area contributed by atoms with E-state index >= 15 is 0 Å². The van der Waals surface area contributed by atoms with E-state index in [0.29, 0.717) is 56.8 Å². The van der Waals surface area contributed by atoms with Gasteiger partial charge in [0, 0.05) is 68.4 Å². The van der Waals surface area contributed by atoms with Crippen LogP contribution in [0.15, 0.2) is 54.7 Å². The Labute approximate surface area is 191 Å². The van der Waals surface area contributed by atoms with Crippen LogP contribution in [-0.2, 0) is 11.3 Å². The molecule has 0 unspecified atom stereocenters. The molecule has 0 spiro atoms. The maximum Gasteiger partial charge on any atom is 0.335 e. The fourth-order valence-corrected chi connectivity index (χ4v) is 4.52. The van der Waals surface area contributed by atoms with Crippen molar-refractivity contribution < 1.29 is 19.8 Å². The van der Waals surface area contributed by atoms with E-state index in [0.717, 1.165) is 10.9 Å². The Morgan fingerprint density at radius 2 is 1.76 bits per heavy atom. The summed E-state index contributed by atoms with van der Waals surface area (Å²) in [5.74, 6) is -1.95. The molecule has 0 amide bonds. The van der Waals surface area contributed by atoms with Crippen molar-refractivity contribution in [3.05, 3.63) is 71.4 Å². The third-order valence-electron chi connectivity index (χ3n) is 6.20. The molecule has 1 saturated heterocycles. The Kier molecular flexibility index (Phi) is 6.73. The minimum atomic E-state index is -1.02. The lowest BCUT2D eigenvalue weighted by Gasteiger charge is -2.37. The molecule has 0 saturated carbocycles. The van der Waals surface area contributed by atoms with Crippen LogP contribution in [0.25, 0.3) is 10.9 Å². The van der Waals surface area contributed by atoms with Gasteiger partial charge in [-0.25, -0.2) is 4.79 Å². The molecule has 33 heavy (non-hydrogen) atoms. The summed E-state index contributed by atoms with van der Waals surface area (Å²) in [4.78, 5) is 28.2. The van der Waals surface area contributed by atoms with Gasteiger partial charge >= 0.3 is 11.9 Å². The third kappa shape index (κ3) is 4.90. The first-order valence-corrected chi connectivity index (χ1v) is 10.9. The number of hydrogen-bond acceptors (Lipinski definition) is 5. The standard InChI is InChI=1S/C25H26N4O4/c26-9-4-10-27-11-13-28(14-12-27)23(25(32)33)21-17-29(16-18-5-2-1-3-6-18)22-15-19(24(30)31)7-8-20(21)22/h1-3,5-8,15,17,23H,4,10-14,16H2,(H,30,31)(H,32,33)/t23-/m0/s1. The van der Waals surface area contributed by atoms with Crippen molar-refractivity contribution in [1.29, 1.82) is 5.26 Å². The molecule has 1 aliphatic heterocycles. The average molecular weight is 447 g/mol. The molecule has 3 aromatic rings. The number of aromatic nitrogens is 1. The van der Waals surface area contributed by atoms with Gasteiger partial charge < -0.3 is 14.8 Å². The second kappa shape index (κ2) is 9.86. The summed E-state index contributed by atoms with van der Waals surface area (Å²) < 4.78 is 1.94. The molecule has 8 nitrogen and oxygen atoms in total. The van der Waals surface area contributed by atoms with Crippen molar-refractivity contribution >= 4 is 22.8 Å². The highest BCUT2D eigenvalue weighted by molar-refractivity contribution is 5.96. The molecular formula is C25H26N4O4. The highest BCUT2D eigenvalue weighted by Gasteiger charge is 2.32. The molecule has 1 atom stereocenters. The Hall–Kier alpha value is -3.67. The van der Waals surface area contributed by atoms with Gasteiger partial charge in [-0.05, 0) is 17.7 Å². The van der Waals surface area contributed by atoms with Crippen LogP contribution in [0.4, 0.5) is 0 Å². The molecule has 8 heteroatoms. The lowest BCUT2D eigenvalue weighted by molar-refractivity contribution is -0.144. The number of nitriles is 1. The Balaban J connectivity index is 1.71. The summed E-state index contributed by atoms with van der Waals surface area (Å²) in [7, 11) is 0. The van der Waals surface area contributed by atoms with E-state index in [1.165, 1.54) is 6.07 Å². The van der Waals surface area contributed by atoms with E-state index in [9.17, 15) is 19.8 Å². The smallest absolute Gasteiger partial charge is 0.335 e. The summed E-state index contributed by atoms with van der Waals surface area (Å²) in [5.41, 5.74) is 2.57. The summed E-state index contributed by atoms with van der Waals surface area (Å²) in [6.07, 6.45) is 2.31. The molecule has 2 heterocycles. The normalized spacial score (nSPS) is 15.8. The second-order valence-corrected chi connectivity index (χ2v) is 8.26.